The van der Waals surface area contributed by atoms with Crippen LogP contribution in [0.15, 0.2) is 71.1 Å². The highest BCUT2D eigenvalue weighted by molar-refractivity contribution is 7.98. The minimum absolute atomic E-state index is 0.732. The molecule has 118 valence electrons. The Morgan fingerprint density at radius 3 is 2.67 bits per heavy atom. The first kappa shape index (κ1) is 14.7. The third-order valence-electron chi connectivity index (χ3n) is 3.76. The zero-order valence-electron chi connectivity index (χ0n) is 13.0. The van der Waals surface area contributed by atoms with Gasteiger partial charge in [-0.1, -0.05) is 60.3 Å². The summed E-state index contributed by atoms with van der Waals surface area (Å²) in [5.41, 5.74) is 3.11. The van der Waals surface area contributed by atoms with Crippen molar-refractivity contribution < 1.29 is 0 Å². The van der Waals surface area contributed by atoms with Crippen LogP contribution < -0.4 is 0 Å². The van der Waals surface area contributed by atoms with Gasteiger partial charge in [0.05, 0.1) is 6.21 Å². The molecule has 0 radical (unpaired) electrons. The molecule has 0 amide bonds. The Bertz CT molecular complexity index is 1000. The van der Waals surface area contributed by atoms with Crippen LogP contribution in [0.3, 0.4) is 0 Å². The summed E-state index contributed by atoms with van der Waals surface area (Å²) in [4.78, 5) is 3.26. The van der Waals surface area contributed by atoms with E-state index in [-0.39, 0.29) is 0 Å². The Balaban J connectivity index is 1.78. The average molecular weight is 333 g/mol. The topological polar surface area (TPSA) is 58.9 Å². The highest BCUT2D eigenvalue weighted by Gasteiger charge is 2.12. The first-order valence-electron chi connectivity index (χ1n) is 7.52. The predicted molar refractivity (Wildman–Crippen MR) is 98.5 cm³/mol. The highest BCUT2D eigenvalue weighted by Crippen LogP contribution is 2.23. The molecule has 0 aliphatic rings. The van der Waals surface area contributed by atoms with Gasteiger partial charge < -0.3 is 4.98 Å². The SMILES string of the molecule is CSc1nnc(-c2ccccc2)n1/N=C\c1c[nH]c2ccccc12. The van der Waals surface area contributed by atoms with Crippen molar-refractivity contribution in [3.8, 4) is 11.4 Å². The van der Waals surface area contributed by atoms with Gasteiger partial charge in [-0.2, -0.15) is 9.78 Å². The maximum atomic E-state index is 4.63. The zero-order chi connectivity index (χ0) is 16.4. The summed E-state index contributed by atoms with van der Waals surface area (Å²) in [6.07, 6.45) is 5.77. The van der Waals surface area contributed by atoms with Crippen molar-refractivity contribution in [2.75, 3.05) is 6.26 Å². The molecular formula is C18H15N5S. The molecule has 0 aliphatic heterocycles. The molecule has 0 spiro atoms. The molecule has 0 saturated carbocycles. The van der Waals surface area contributed by atoms with E-state index in [1.807, 2.05) is 67.2 Å². The van der Waals surface area contributed by atoms with Gasteiger partial charge in [0.2, 0.25) is 5.16 Å². The summed E-state index contributed by atoms with van der Waals surface area (Å²) in [5.74, 6) is 0.732. The van der Waals surface area contributed by atoms with Gasteiger partial charge >= 0.3 is 0 Å². The third kappa shape index (κ3) is 2.61. The molecule has 0 bridgehead atoms. The number of rotatable bonds is 4. The van der Waals surface area contributed by atoms with E-state index in [9.17, 15) is 0 Å². The van der Waals surface area contributed by atoms with E-state index in [0.717, 1.165) is 33.0 Å². The van der Waals surface area contributed by atoms with Crippen LogP contribution in [0.5, 0.6) is 0 Å². The first-order valence-corrected chi connectivity index (χ1v) is 8.74. The first-order chi connectivity index (χ1) is 11.9. The Morgan fingerprint density at radius 2 is 1.83 bits per heavy atom. The van der Waals surface area contributed by atoms with Crippen LogP contribution in [0, 0.1) is 0 Å². The standard InChI is InChI=1S/C18H15N5S/c1-24-18-22-21-17(13-7-3-2-4-8-13)23(18)20-12-14-11-19-16-10-6-5-9-15(14)16/h2-12,19H,1H3/b20-12-. The molecule has 4 rings (SSSR count). The second kappa shape index (κ2) is 6.33. The molecule has 2 aromatic heterocycles. The molecule has 24 heavy (non-hydrogen) atoms. The number of thioether (sulfide) groups is 1. The summed E-state index contributed by atoms with van der Waals surface area (Å²) in [6.45, 7) is 0. The second-order valence-corrected chi connectivity index (χ2v) is 6.00. The molecule has 2 aromatic carbocycles. The van der Waals surface area contributed by atoms with Crippen molar-refractivity contribution in [1.82, 2.24) is 19.9 Å². The van der Waals surface area contributed by atoms with Crippen LogP contribution >= 0.6 is 11.8 Å². The Kier molecular flexibility index (Phi) is 3.88. The van der Waals surface area contributed by atoms with E-state index >= 15 is 0 Å². The third-order valence-corrected chi connectivity index (χ3v) is 4.38. The summed E-state index contributed by atoms with van der Waals surface area (Å²) in [5, 5.41) is 15.0. The molecule has 0 saturated heterocycles. The summed E-state index contributed by atoms with van der Waals surface area (Å²) < 4.78 is 1.78. The zero-order valence-corrected chi connectivity index (χ0v) is 13.9. The van der Waals surface area contributed by atoms with Crippen molar-refractivity contribution >= 4 is 28.9 Å². The minimum Gasteiger partial charge on any atom is -0.361 e. The van der Waals surface area contributed by atoms with Gasteiger partial charge in [-0.25, -0.2) is 0 Å². The Morgan fingerprint density at radius 1 is 1.04 bits per heavy atom. The van der Waals surface area contributed by atoms with Crippen LogP contribution in [0.2, 0.25) is 0 Å². The van der Waals surface area contributed by atoms with E-state index in [1.54, 1.807) is 4.68 Å². The van der Waals surface area contributed by atoms with Gasteiger partial charge in [0.25, 0.3) is 0 Å². The quantitative estimate of drug-likeness (QED) is 0.453. The molecule has 6 heteroatoms. The molecule has 1 N–H and O–H groups in total. The summed E-state index contributed by atoms with van der Waals surface area (Å²) in [6, 6.07) is 18.1. The fourth-order valence-electron chi connectivity index (χ4n) is 2.58. The number of hydrogen-bond acceptors (Lipinski definition) is 4. The van der Waals surface area contributed by atoms with E-state index < -0.39 is 0 Å². The van der Waals surface area contributed by atoms with Crippen LogP contribution in [-0.2, 0) is 0 Å². The van der Waals surface area contributed by atoms with Crippen LogP contribution in [0.25, 0.3) is 22.3 Å². The lowest BCUT2D eigenvalue weighted by molar-refractivity contribution is 0.774. The Labute approximate surface area is 143 Å². The highest BCUT2D eigenvalue weighted by atomic mass is 32.2. The molecule has 2 heterocycles. The minimum atomic E-state index is 0.732. The fourth-order valence-corrected chi connectivity index (χ4v) is 3.01. The van der Waals surface area contributed by atoms with E-state index in [4.69, 9.17) is 0 Å². The predicted octanol–water partition coefficient (Wildman–Crippen LogP) is 4.03. The Hall–Kier alpha value is -2.86. The molecule has 0 fully saturated rings. The van der Waals surface area contributed by atoms with Gasteiger partial charge in [-0.15, -0.1) is 10.2 Å². The van der Waals surface area contributed by atoms with Crippen molar-refractivity contribution in [3.05, 3.63) is 66.4 Å². The number of aromatic nitrogens is 4. The summed E-state index contributed by atoms with van der Waals surface area (Å²) in [7, 11) is 0. The van der Waals surface area contributed by atoms with Crippen LogP contribution in [0.4, 0.5) is 0 Å². The number of para-hydroxylation sites is 1. The lowest BCUT2D eigenvalue weighted by atomic mass is 10.2. The van der Waals surface area contributed by atoms with Crippen molar-refractivity contribution in [2.24, 2.45) is 5.10 Å². The van der Waals surface area contributed by atoms with E-state index in [1.165, 1.54) is 11.8 Å². The van der Waals surface area contributed by atoms with Gasteiger partial charge in [0, 0.05) is 28.2 Å². The largest absolute Gasteiger partial charge is 0.361 e. The fraction of sp³-hybridized carbons (Fsp3) is 0.0556. The van der Waals surface area contributed by atoms with E-state index in [2.05, 4.69) is 26.3 Å². The maximum Gasteiger partial charge on any atom is 0.212 e. The van der Waals surface area contributed by atoms with Crippen molar-refractivity contribution in [1.29, 1.82) is 0 Å². The van der Waals surface area contributed by atoms with Gasteiger partial charge in [0.1, 0.15) is 0 Å². The van der Waals surface area contributed by atoms with E-state index in [0.29, 0.717) is 0 Å². The number of benzene rings is 2. The number of nitrogens with one attached hydrogen (secondary N) is 1. The molecular weight excluding hydrogens is 318 g/mol. The normalized spacial score (nSPS) is 11.5. The number of fused-ring (bicyclic) bond motifs is 1. The van der Waals surface area contributed by atoms with Gasteiger partial charge in [0.15, 0.2) is 5.82 Å². The van der Waals surface area contributed by atoms with Crippen LogP contribution in [-0.4, -0.2) is 32.3 Å². The molecule has 0 atom stereocenters. The average Bonchev–Trinajstić information content (AvgIpc) is 3.24. The lowest BCUT2D eigenvalue weighted by Gasteiger charge is -2.02. The lowest BCUT2D eigenvalue weighted by Crippen LogP contribution is -1.96. The van der Waals surface area contributed by atoms with Gasteiger partial charge in [-0.3, -0.25) is 0 Å². The molecule has 5 nitrogen and oxygen atoms in total. The number of H-pyrrole nitrogens is 1. The van der Waals surface area contributed by atoms with Crippen molar-refractivity contribution in [3.63, 3.8) is 0 Å². The maximum absolute atomic E-state index is 4.63. The number of aromatic amines is 1. The molecule has 0 aliphatic carbocycles. The number of hydrogen-bond donors (Lipinski definition) is 1. The smallest absolute Gasteiger partial charge is 0.212 e. The molecule has 0 unspecified atom stereocenters. The summed E-state index contributed by atoms with van der Waals surface area (Å²) >= 11 is 1.52. The second-order valence-electron chi connectivity index (χ2n) is 5.22. The monoisotopic (exact) mass is 333 g/mol. The molecule has 4 aromatic rings. The van der Waals surface area contributed by atoms with Gasteiger partial charge in [-0.05, 0) is 12.3 Å². The van der Waals surface area contributed by atoms with Crippen LogP contribution in [0.1, 0.15) is 5.56 Å². The number of nitrogens with zero attached hydrogens (tertiary/aromatic N) is 4. The van der Waals surface area contributed by atoms with Crippen molar-refractivity contribution in [2.45, 2.75) is 5.16 Å².